The standard InChI is InChI=1S/C19H12F2O8/c1-9(17(25)29-19(27)13-8-11(21)3-5-15(13)23)6-16(24)28-18(26)12-7-10(20)2-4-14(12)22/h2-5,7-8,22-23H,1,6H2. The molecule has 0 spiro atoms. The van der Waals surface area contributed by atoms with Gasteiger partial charge in [-0.1, -0.05) is 6.58 Å². The van der Waals surface area contributed by atoms with E-state index in [1.807, 2.05) is 0 Å². The van der Waals surface area contributed by atoms with E-state index in [0.717, 1.165) is 24.3 Å². The van der Waals surface area contributed by atoms with Crippen LogP contribution >= 0.6 is 0 Å². The number of aromatic hydroxyl groups is 2. The number of ether oxygens (including phenoxy) is 2. The van der Waals surface area contributed by atoms with E-state index in [9.17, 15) is 38.2 Å². The van der Waals surface area contributed by atoms with Crippen LogP contribution in [0.1, 0.15) is 27.1 Å². The Bertz CT molecular complexity index is 1030. The summed E-state index contributed by atoms with van der Waals surface area (Å²) in [4.78, 5) is 47.1. The Morgan fingerprint density at radius 2 is 1.28 bits per heavy atom. The highest BCUT2D eigenvalue weighted by atomic mass is 19.1. The minimum atomic E-state index is -1.40. The van der Waals surface area contributed by atoms with Crippen LogP contribution in [0.2, 0.25) is 0 Å². The van der Waals surface area contributed by atoms with E-state index in [0.29, 0.717) is 12.1 Å². The smallest absolute Gasteiger partial charge is 0.349 e. The Balaban J connectivity index is 1.96. The molecule has 0 atom stereocenters. The van der Waals surface area contributed by atoms with Crippen LogP contribution in [-0.4, -0.2) is 34.1 Å². The lowest BCUT2D eigenvalue weighted by Gasteiger charge is -2.07. The molecule has 0 amide bonds. The maximum absolute atomic E-state index is 13.1. The summed E-state index contributed by atoms with van der Waals surface area (Å²) in [6.07, 6.45) is -0.886. The molecule has 2 rings (SSSR count). The molecule has 0 aliphatic rings. The molecular weight excluding hydrogens is 394 g/mol. The number of esters is 4. The fourth-order valence-corrected chi connectivity index (χ4v) is 2.00. The summed E-state index contributed by atoms with van der Waals surface area (Å²) in [5, 5.41) is 19.0. The third-order valence-corrected chi connectivity index (χ3v) is 3.40. The SMILES string of the molecule is C=C(CC(=O)OC(=O)c1cc(F)ccc1O)C(=O)OC(=O)c1cc(F)ccc1O. The van der Waals surface area contributed by atoms with Gasteiger partial charge < -0.3 is 19.7 Å². The highest BCUT2D eigenvalue weighted by molar-refractivity contribution is 6.06. The quantitative estimate of drug-likeness (QED) is 0.440. The van der Waals surface area contributed by atoms with Crippen molar-refractivity contribution in [2.45, 2.75) is 6.42 Å². The van der Waals surface area contributed by atoms with E-state index >= 15 is 0 Å². The van der Waals surface area contributed by atoms with Gasteiger partial charge in [-0.15, -0.1) is 0 Å². The Hall–Kier alpha value is -4.08. The van der Waals surface area contributed by atoms with Gasteiger partial charge in [0.15, 0.2) is 0 Å². The van der Waals surface area contributed by atoms with Gasteiger partial charge in [0.25, 0.3) is 0 Å². The number of benzene rings is 2. The molecule has 0 aliphatic heterocycles. The molecule has 2 aromatic carbocycles. The van der Waals surface area contributed by atoms with Crippen molar-refractivity contribution < 1.29 is 47.6 Å². The number of halogens is 2. The van der Waals surface area contributed by atoms with Crippen LogP contribution in [0.25, 0.3) is 0 Å². The summed E-state index contributed by atoms with van der Waals surface area (Å²) in [6, 6.07) is 4.76. The van der Waals surface area contributed by atoms with Gasteiger partial charge in [0.2, 0.25) is 0 Å². The first-order valence-electron chi connectivity index (χ1n) is 7.74. The lowest BCUT2D eigenvalue weighted by Crippen LogP contribution is -2.19. The zero-order chi connectivity index (χ0) is 21.7. The van der Waals surface area contributed by atoms with Crippen LogP contribution < -0.4 is 0 Å². The molecule has 10 heteroatoms. The molecule has 0 unspecified atom stereocenters. The van der Waals surface area contributed by atoms with Crippen molar-refractivity contribution in [3.63, 3.8) is 0 Å². The number of phenolic OH excluding ortho intramolecular Hbond substituents is 2. The molecule has 29 heavy (non-hydrogen) atoms. The van der Waals surface area contributed by atoms with Gasteiger partial charge in [-0.25, -0.2) is 23.2 Å². The monoisotopic (exact) mass is 406 g/mol. The van der Waals surface area contributed by atoms with E-state index < -0.39 is 70.1 Å². The molecule has 0 fully saturated rings. The van der Waals surface area contributed by atoms with E-state index in [1.54, 1.807) is 0 Å². The Labute approximate surface area is 161 Å². The van der Waals surface area contributed by atoms with E-state index in [2.05, 4.69) is 16.1 Å². The lowest BCUT2D eigenvalue weighted by atomic mass is 10.2. The normalized spacial score (nSPS) is 10.1. The minimum Gasteiger partial charge on any atom is -0.507 e. The second-order valence-electron chi connectivity index (χ2n) is 5.54. The number of carbonyl (C=O) groups excluding carboxylic acids is 4. The van der Waals surface area contributed by atoms with Gasteiger partial charge >= 0.3 is 23.9 Å². The van der Waals surface area contributed by atoms with E-state index in [1.165, 1.54) is 0 Å². The number of phenols is 2. The third kappa shape index (κ3) is 5.45. The minimum absolute atomic E-state index is 0.601. The van der Waals surface area contributed by atoms with Crippen LogP contribution in [0.15, 0.2) is 48.6 Å². The predicted molar refractivity (Wildman–Crippen MR) is 90.7 cm³/mol. The van der Waals surface area contributed by atoms with Crippen molar-refractivity contribution in [3.05, 3.63) is 71.3 Å². The third-order valence-electron chi connectivity index (χ3n) is 3.40. The largest absolute Gasteiger partial charge is 0.507 e. The average molecular weight is 406 g/mol. The summed E-state index contributed by atoms with van der Waals surface area (Å²) >= 11 is 0. The molecule has 8 nitrogen and oxygen atoms in total. The number of carbonyl (C=O) groups is 4. The number of hydrogen-bond acceptors (Lipinski definition) is 8. The highest BCUT2D eigenvalue weighted by Gasteiger charge is 2.23. The molecule has 0 aliphatic carbocycles. The highest BCUT2D eigenvalue weighted by Crippen LogP contribution is 2.21. The molecule has 2 N–H and O–H groups in total. The van der Waals surface area contributed by atoms with Crippen molar-refractivity contribution in [3.8, 4) is 11.5 Å². The summed E-state index contributed by atoms with van der Waals surface area (Å²) in [5.41, 5.74) is -1.86. The van der Waals surface area contributed by atoms with Gasteiger partial charge in [-0.3, -0.25) is 4.79 Å². The molecule has 0 aromatic heterocycles. The topological polar surface area (TPSA) is 127 Å². The molecule has 0 radical (unpaired) electrons. The maximum atomic E-state index is 13.1. The van der Waals surface area contributed by atoms with Crippen molar-refractivity contribution >= 4 is 23.9 Å². The predicted octanol–water partition coefficient (Wildman–Crippen LogP) is 2.39. The maximum Gasteiger partial charge on any atom is 0.349 e. The van der Waals surface area contributed by atoms with Crippen LogP contribution in [0.5, 0.6) is 11.5 Å². The Morgan fingerprint density at radius 1 is 0.828 bits per heavy atom. The molecule has 0 saturated carbocycles. The Morgan fingerprint density at radius 3 is 1.76 bits per heavy atom. The molecule has 0 bridgehead atoms. The number of hydrogen-bond donors (Lipinski definition) is 2. The van der Waals surface area contributed by atoms with Crippen LogP contribution in [0.4, 0.5) is 8.78 Å². The van der Waals surface area contributed by atoms with Crippen molar-refractivity contribution in [1.29, 1.82) is 0 Å². The van der Waals surface area contributed by atoms with Crippen LogP contribution in [0, 0.1) is 11.6 Å². The first kappa shape index (κ1) is 21.2. The number of rotatable bonds is 5. The summed E-state index contributed by atoms with van der Waals surface area (Å²) in [7, 11) is 0. The molecule has 0 heterocycles. The fourth-order valence-electron chi connectivity index (χ4n) is 2.00. The molecular formula is C19H12F2O8. The zero-order valence-electron chi connectivity index (χ0n) is 14.5. The van der Waals surface area contributed by atoms with E-state index in [-0.39, 0.29) is 0 Å². The average Bonchev–Trinajstić information content (AvgIpc) is 2.65. The molecule has 2 aromatic rings. The van der Waals surface area contributed by atoms with Crippen LogP contribution in [0.3, 0.4) is 0 Å². The summed E-state index contributed by atoms with van der Waals surface area (Å²) in [5.74, 6) is -8.50. The van der Waals surface area contributed by atoms with Gasteiger partial charge in [0, 0.05) is 5.57 Å². The van der Waals surface area contributed by atoms with E-state index in [4.69, 9.17) is 0 Å². The fraction of sp³-hybridized carbons (Fsp3) is 0.0526. The van der Waals surface area contributed by atoms with Crippen molar-refractivity contribution in [2.24, 2.45) is 0 Å². The van der Waals surface area contributed by atoms with Crippen molar-refractivity contribution in [2.75, 3.05) is 0 Å². The molecule has 150 valence electrons. The van der Waals surface area contributed by atoms with Gasteiger partial charge in [-0.2, -0.15) is 0 Å². The molecule has 0 saturated heterocycles. The lowest BCUT2D eigenvalue weighted by molar-refractivity contribution is -0.140. The summed E-state index contributed by atoms with van der Waals surface area (Å²) < 4.78 is 35.0. The second-order valence-corrected chi connectivity index (χ2v) is 5.54. The second kappa shape index (κ2) is 8.74. The van der Waals surface area contributed by atoms with Crippen molar-refractivity contribution in [1.82, 2.24) is 0 Å². The van der Waals surface area contributed by atoms with Gasteiger partial charge in [-0.05, 0) is 36.4 Å². The van der Waals surface area contributed by atoms with Gasteiger partial charge in [0.1, 0.15) is 34.3 Å². The van der Waals surface area contributed by atoms with Gasteiger partial charge in [0.05, 0.1) is 6.42 Å². The first-order valence-corrected chi connectivity index (χ1v) is 7.74. The van der Waals surface area contributed by atoms with Crippen LogP contribution in [-0.2, 0) is 19.1 Å². The zero-order valence-corrected chi connectivity index (χ0v) is 14.5. The first-order chi connectivity index (χ1) is 13.6. The summed E-state index contributed by atoms with van der Waals surface area (Å²) in [6.45, 7) is 3.21. The Kier molecular flexibility index (Phi) is 6.40.